The summed E-state index contributed by atoms with van der Waals surface area (Å²) in [6.07, 6.45) is -4.78. The van der Waals surface area contributed by atoms with E-state index in [1.54, 1.807) is 6.92 Å². The fourth-order valence-electron chi connectivity index (χ4n) is 2.17. The van der Waals surface area contributed by atoms with Gasteiger partial charge in [-0.25, -0.2) is 4.39 Å². The van der Waals surface area contributed by atoms with Crippen molar-refractivity contribution in [3.63, 3.8) is 0 Å². The predicted molar refractivity (Wildman–Crippen MR) is 92.0 cm³/mol. The summed E-state index contributed by atoms with van der Waals surface area (Å²) in [4.78, 5) is 12.2. The van der Waals surface area contributed by atoms with Gasteiger partial charge < -0.3 is 15.2 Å². The van der Waals surface area contributed by atoms with E-state index in [0.29, 0.717) is 11.6 Å². The van der Waals surface area contributed by atoms with Gasteiger partial charge >= 0.3 is 6.18 Å². The van der Waals surface area contributed by atoms with E-state index < -0.39 is 41.2 Å². The quantitative estimate of drug-likeness (QED) is 0.754. The molecule has 0 saturated carbocycles. The van der Waals surface area contributed by atoms with Crippen LogP contribution in [0.2, 0.25) is 0 Å². The van der Waals surface area contributed by atoms with Gasteiger partial charge in [0.25, 0.3) is 5.91 Å². The summed E-state index contributed by atoms with van der Waals surface area (Å²) in [6, 6.07) is 8.03. The molecule has 0 aromatic heterocycles. The molecule has 0 heterocycles. The number of aliphatic hydroxyl groups is 1. The second-order valence-electron chi connectivity index (χ2n) is 6.30. The van der Waals surface area contributed by atoms with Crippen LogP contribution in [0.3, 0.4) is 0 Å². The molecule has 148 valence electrons. The Morgan fingerprint density at radius 3 is 2.50 bits per heavy atom. The Balaban J connectivity index is 2.12. The molecule has 1 atom stereocenters. The van der Waals surface area contributed by atoms with Crippen LogP contribution in [0, 0.1) is 24.1 Å². The molecule has 0 aliphatic heterocycles. The van der Waals surface area contributed by atoms with Crippen molar-refractivity contribution in [2.45, 2.75) is 25.6 Å². The van der Waals surface area contributed by atoms with Crippen molar-refractivity contribution >= 4 is 11.6 Å². The lowest BCUT2D eigenvalue weighted by atomic mass is 10.1. The number of rotatable bonds is 5. The zero-order valence-electron chi connectivity index (χ0n) is 14.9. The molecule has 0 bridgehead atoms. The topological polar surface area (TPSA) is 82.3 Å². The number of amides is 1. The van der Waals surface area contributed by atoms with Gasteiger partial charge in [0.15, 0.2) is 5.60 Å². The molecule has 5 nitrogen and oxygen atoms in total. The van der Waals surface area contributed by atoms with Crippen molar-refractivity contribution < 1.29 is 32.2 Å². The fourth-order valence-corrected chi connectivity index (χ4v) is 2.17. The maximum Gasteiger partial charge on any atom is 0.417 e. The summed E-state index contributed by atoms with van der Waals surface area (Å²) in [5.41, 5.74) is -3.79. The minimum atomic E-state index is -4.78. The zero-order chi connectivity index (χ0) is 21.1. The summed E-state index contributed by atoms with van der Waals surface area (Å²) in [5, 5.41) is 21.2. The van der Waals surface area contributed by atoms with Gasteiger partial charge in [0.05, 0.1) is 17.2 Å². The molecule has 0 aliphatic carbocycles. The second-order valence-corrected chi connectivity index (χ2v) is 6.30. The summed E-state index contributed by atoms with van der Waals surface area (Å²) >= 11 is 0. The predicted octanol–water partition coefficient (Wildman–Crippen LogP) is 3.79. The number of benzene rings is 2. The van der Waals surface area contributed by atoms with E-state index >= 15 is 0 Å². The number of carbonyl (C=O) groups is 1. The highest BCUT2D eigenvalue weighted by molar-refractivity contribution is 5.97. The number of aryl methyl sites for hydroxylation is 1. The number of nitrogens with zero attached hydrogens (tertiary/aromatic N) is 1. The normalized spacial score (nSPS) is 13.4. The molecule has 0 unspecified atom stereocenters. The Hall–Kier alpha value is -3.12. The van der Waals surface area contributed by atoms with Crippen LogP contribution in [-0.4, -0.2) is 23.2 Å². The number of nitrogens with one attached hydrogen (secondary N) is 1. The Morgan fingerprint density at radius 1 is 1.25 bits per heavy atom. The van der Waals surface area contributed by atoms with Gasteiger partial charge in [-0.15, -0.1) is 0 Å². The van der Waals surface area contributed by atoms with Crippen LogP contribution in [0.4, 0.5) is 23.2 Å². The molecule has 2 rings (SSSR count). The van der Waals surface area contributed by atoms with Gasteiger partial charge in [-0.3, -0.25) is 4.79 Å². The second kappa shape index (κ2) is 7.86. The number of alkyl halides is 3. The first-order chi connectivity index (χ1) is 12.9. The lowest BCUT2D eigenvalue weighted by molar-refractivity contribution is -0.138. The fraction of sp³-hybridized carbons (Fsp3) is 0.263. The largest absolute Gasteiger partial charge is 0.490 e. The van der Waals surface area contributed by atoms with Crippen LogP contribution >= 0.6 is 0 Å². The van der Waals surface area contributed by atoms with Gasteiger partial charge in [-0.05, 0) is 43.7 Å². The number of halogens is 4. The molecule has 28 heavy (non-hydrogen) atoms. The van der Waals surface area contributed by atoms with Crippen molar-refractivity contribution in [2.24, 2.45) is 0 Å². The third kappa shape index (κ3) is 4.98. The average Bonchev–Trinajstić information content (AvgIpc) is 2.62. The third-order valence-electron chi connectivity index (χ3n) is 3.86. The Morgan fingerprint density at radius 2 is 1.93 bits per heavy atom. The van der Waals surface area contributed by atoms with Crippen molar-refractivity contribution in [1.29, 1.82) is 5.26 Å². The summed E-state index contributed by atoms with van der Waals surface area (Å²) < 4.78 is 57.7. The van der Waals surface area contributed by atoms with E-state index in [4.69, 9.17) is 10.00 Å². The van der Waals surface area contributed by atoms with E-state index in [1.807, 2.05) is 0 Å². The van der Waals surface area contributed by atoms with Gasteiger partial charge in [0, 0.05) is 11.8 Å². The van der Waals surface area contributed by atoms with E-state index in [0.717, 1.165) is 25.1 Å². The van der Waals surface area contributed by atoms with Crippen molar-refractivity contribution in [3.8, 4) is 11.8 Å². The van der Waals surface area contributed by atoms with E-state index in [-0.39, 0.29) is 11.4 Å². The number of ether oxygens (including phenoxy) is 1. The molecule has 2 aromatic carbocycles. The Labute approximate surface area is 158 Å². The molecule has 0 radical (unpaired) electrons. The van der Waals surface area contributed by atoms with Crippen LogP contribution in [0.15, 0.2) is 36.4 Å². The van der Waals surface area contributed by atoms with Crippen molar-refractivity contribution in [2.75, 3.05) is 11.9 Å². The minimum Gasteiger partial charge on any atom is -0.490 e. The van der Waals surface area contributed by atoms with Gasteiger partial charge in [0.1, 0.15) is 18.2 Å². The maximum absolute atomic E-state index is 13.5. The monoisotopic (exact) mass is 396 g/mol. The van der Waals surface area contributed by atoms with Crippen molar-refractivity contribution in [1.82, 2.24) is 0 Å². The molecular formula is C19H16F4N2O3. The average molecular weight is 396 g/mol. The SMILES string of the molecule is Cc1ccc(OC[C@@](C)(O)C(=O)Nc2ccc(C#N)c(C(F)(F)F)c2)cc1F. The minimum absolute atomic E-state index is 0.0777. The maximum atomic E-state index is 13.5. The molecule has 0 aliphatic rings. The first-order valence-corrected chi connectivity index (χ1v) is 7.98. The highest BCUT2D eigenvalue weighted by Crippen LogP contribution is 2.33. The van der Waals surface area contributed by atoms with E-state index in [2.05, 4.69) is 5.32 Å². The van der Waals surface area contributed by atoms with Crippen LogP contribution in [0.25, 0.3) is 0 Å². The highest BCUT2D eigenvalue weighted by atomic mass is 19.4. The zero-order valence-corrected chi connectivity index (χ0v) is 14.9. The van der Waals surface area contributed by atoms with Crippen LogP contribution < -0.4 is 10.1 Å². The molecule has 0 spiro atoms. The Kier molecular flexibility index (Phi) is 5.95. The standard InChI is InChI=1S/C19H16F4N2O3/c1-11-3-6-14(8-16(11)20)28-10-18(2,27)17(26)25-13-5-4-12(9-24)15(7-13)19(21,22)23/h3-8,27H,10H2,1-2H3,(H,25,26)/t18-/m1/s1. The Bertz CT molecular complexity index is 934. The number of nitriles is 1. The summed E-state index contributed by atoms with van der Waals surface area (Å²) in [6.45, 7) is 2.08. The number of anilines is 1. The number of carbonyl (C=O) groups excluding carboxylic acids is 1. The highest BCUT2D eigenvalue weighted by Gasteiger charge is 2.35. The first-order valence-electron chi connectivity index (χ1n) is 7.98. The van der Waals surface area contributed by atoms with Gasteiger partial charge in [-0.2, -0.15) is 18.4 Å². The molecule has 0 saturated heterocycles. The molecule has 1 amide bonds. The molecule has 2 aromatic rings. The third-order valence-corrected chi connectivity index (χ3v) is 3.86. The lowest BCUT2D eigenvalue weighted by Crippen LogP contribution is -2.45. The summed E-state index contributed by atoms with van der Waals surface area (Å²) in [7, 11) is 0. The van der Waals surface area contributed by atoms with Crippen LogP contribution in [-0.2, 0) is 11.0 Å². The van der Waals surface area contributed by atoms with Gasteiger partial charge in [-0.1, -0.05) is 6.07 Å². The van der Waals surface area contributed by atoms with Crippen LogP contribution in [0.1, 0.15) is 23.6 Å². The lowest BCUT2D eigenvalue weighted by Gasteiger charge is -2.23. The number of hydrogen-bond acceptors (Lipinski definition) is 4. The van der Waals surface area contributed by atoms with Crippen LogP contribution in [0.5, 0.6) is 5.75 Å². The van der Waals surface area contributed by atoms with Crippen molar-refractivity contribution in [3.05, 3.63) is 58.9 Å². The first kappa shape index (κ1) is 21.2. The molecule has 2 N–H and O–H groups in total. The van der Waals surface area contributed by atoms with E-state index in [1.165, 1.54) is 18.2 Å². The molecular weight excluding hydrogens is 380 g/mol. The summed E-state index contributed by atoms with van der Waals surface area (Å²) in [5.74, 6) is -1.48. The number of hydrogen-bond donors (Lipinski definition) is 2. The molecule has 0 fully saturated rings. The van der Waals surface area contributed by atoms with E-state index in [9.17, 15) is 27.5 Å². The smallest absolute Gasteiger partial charge is 0.417 e. The molecule has 9 heteroatoms. The van der Waals surface area contributed by atoms with Gasteiger partial charge in [0.2, 0.25) is 0 Å².